The van der Waals surface area contributed by atoms with Crippen LogP contribution in [0.15, 0.2) is 40.8 Å². The molecule has 0 aliphatic carbocycles. The summed E-state index contributed by atoms with van der Waals surface area (Å²) < 4.78 is 5.43. The Hall–Kier alpha value is -2.27. The average Bonchev–Trinajstić information content (AvgIpc) is 2.93. The monoisotopic (exact) mass is 316 g/mol. The van der Waals surface area contributed by atoms with Crippen LogP contribution in [0.5, 0.6) is 0 Å². The van der Waals surface area contributed by atoms with Gasteiger partial charge in [-0.2, -0.15) is 0 Å². The van der Waals surface area contributed by atoms with Gasteiger partial charge >= 0.3 is 6.03 Å². The summed E-state index contributed by atoms with van der Waals surface area (Å²) >= 11 is 0. The van der Waals surface area contributed by atoms with Gasteiger partial charge in [0.1, 0.15) is 17.1 Å². The Kier molecular flexibility index (Phi) is 5.11. The van der Waals surface area contributed by atoms with E-state index in [0.29, 0.717) is 11.7 Å². The Morgan fingerprint density at radius 2 is 1.96 bits per heavy atom. The van der Waals surface area contributed by atoms with Gasteiger partial charge in [-0.25, -0.2) is 4.79 Å². The molecule has 1 unspecified atom stereocenters. The maximum atomic E-state index is 12.1. The molecule has 124 valence electrons. The molecular formula is C18H24N2O3. The third kappa shape index (κ3) is 4.36. The van der Waals surface area contributed by atoms with Gasteiger partial charge in [0.25, 0.3) is 0 Å². The number of aryl methyl sites for hydroxylation is 1. The lowest BCUT2D eigenvalue weighted by Gasteiger charge is -2.22. The predicted molar refractivity (Wildman–Crippen MR) is 90.6 cm³/mol. The molecule has 5 heteroatoms. The van der Waals surface area contributed by atoms with Gasteiger partial charge in [-0.1, -0.05) is 32.0 Å². The molecule has 0 saturated carbocycles. The molecule has 5 nitrogen and oxygen atoms in total. The zero-order valence-corrected chi connectivity index (χ0v) is 14.0. The predicted octanol–water partition coefficient (Wildman–Crippen LogP) is 3.74. The molecule has 1 aromatic carbocycles. The van der Waals surface area contributed by atoms with E-state index in [1.165, 1.54) is 0 Å². The zero-order chi connectivity index (χ0) is 17.0. The number of urea groups is 1. The van der Waals surface area contributed by atoms with E-state index >= 15 is 0 Å². The molecule has 1 heterocycles. The summed E-state index contributed by atoms with van der Waals surface area (Å²) in [5.74, 6) is 1.45. The third-order valence-electron chi connectivity index (χ3n) is 3.70. The topological polar surface area (TPSA) is 74.5 Å². The molecule has 0 aliphatic heterocycles. The van der Waals surface area contributed by atoms with E-state index in [-0.39, 0.29) is 12.6 Å². The number of hydrogen-bond donors (Lipinski definition) is 3. The summed E-state index contributed by atoms with van der Waals surface area (Å²) in [6, 6.07) is 10.8. The molecule has 1 atom stereocenters. The van der Waals surface area contributed by atoms with Gasteiger partial charge in [0, 0.05) is 5.69 Å². The number of hydrogen-bond acceptors (Lipinski definition) is 3. The standard InChI is InChI=1S/C18H24N2O3/c1-12(2)14-7-5-6-8-15(14)20-17(21)19-11-18(4,22)16-10-9-13(3)23-16/h5-10,12,22H,11H2,1-4H3,(H2,19,20,21). The van der Waals surface area contributed by atoms with Gasteiger partial charge in [-0.15, -0.1) is 0 Å². The van der Waals surface area contributed by atoms with Crippen LogP contribution < -0.4 is 10.6 Å². The summed E-state index contributed by atoms with van der Waals surface area (Å²) in [5, 5.41) is 15.9. The minimum absolute atomic E-state index is 0.0512. The first-order chi connectivity index (χ1) is 10.8. The lowest BCUT2D eigenvalue weighted by molar-refractivity contribution is 0.0364. The summed E-state index contributed by atoms with van der Waals surface area (Å²) in [4.78, 5) is 12.1. The Balaban J connectivity index is 1.98. The van der Waals surface area contributed by atoms with E-state index in [9.17, 15) is 9.90 Å². The van der Waals surface area contributed by atoms with Crippen molar-refractivity contribution in [2.45, 2.75) is 39.2 Å². The number of amides is 2. The van der Waals surface area contributed by atoms with Crippen molar-refractivity contribution in [1.82, 2.24) is 5.32 Å². The molecule has 0 aliphatic rings. The first-order valence-electron chi connectivity index (χ1n) is 7.72. The highest BCUT2D eigenvalue weighted by atomic mass is 16.4. The van der Waals surface area contributed by atoms with Gasteiger partial charge in [0.2, 0.25) is 0 Å². The van der Waals surface area contributed by atoms with Gasteiger partial charge in [0.15, 0.2) is 0 Å². The van der Waals surface area contributed by atoms with Gasteiger partial charge in [-0.05, 0) is 43.5 Å². The molecule has 0 spiro atoms. The van der Waals surface area contributed by atoms with E-state index < -0.39 is 5.60 Å². The second-order valence-corrected chi connectivity index (χ2v) is 6.23. The Bertz CT molecular complexity index is 674. The maximum Gasteiger partial charge on any atom is 0.319 e. The van der Waals surface area contributed by atoms with Crippen LogP contribution in [-0.4, -0.2) is 17.7 Å². The van der Waals surface area contributed by atoms with Crippen LogP contribution in [-0.2, 0) is 5.60 Å². The van der Waals surface area contributed by atoms with Crippen LogP contribution in [0.4, 0.5) is 10.5 Å². The molecule has 0 fully saturated rings. The van der Waals surface area contributed by atoms with Crippen molar-refractivity contribution in [3.8, 4) is 0 Å². The second kappa shape index (κ2) is 6.87. The van der Waals surface area contributed by atoms with Gasteiger partial charge < -0.3 is 20.2 Å². The summed E-state index contributed by atoms with van der Waals surface area (Å²) in [6.07, 6.45) is 0. The molecule has 0 bridgehead atoms. The quantitative estimate of drug-likeness (QED) is 0.786. The summed E-state index contributed by atoms with van der Waals surface area (Å²) in [6.45, 7) is 7.61. The number of anilines is 1. The highest BCUT2D eigenvalue weighted by Crippen LogP contribution is 2.24. The number of para-hydroxylation sites is 1. The fourth-order valence-electron chi connectivity index (χ4n) is 2.34. The van der Waals surface area contributed by atoms with E-state index in [4.69, 9.17) is 4.42 Å². The van der Waals surface area contributed by atoms with E-state index in [1.54, 1.807) is 19.1 Å². The average molecular weight is 316 g/mol. The van der Waals surface area contributed by atoms with Crippen molar-refractivity contribution in [3.05, 3.63) is 53.5 Å². The van der Waals surface area contributed by atoms with E-state index in [1.807, 2.05) is 31.2 Å². The summed E-state index contributed by atoms with van der Waals surface area (Å²) in [5.41, 5.74) is 0.577. The van der Waals surface area contributed by atoms with Crippen LogP contribution in [0, 0.1) is 6.92 Å². The second-order valence-electron chi connectivity index (χ2n) is 6.23. The first-order valence-corrected chi connectivity index (χ1v) is 7.72. The van der Waals surface area contributed by atoms with E-state index in [0.717, 1.165) is 17.0 Å². The maximum absolute atomic E-state index is 12.1. The largest absolute Gasteiger partial charge is 0.463 e. The van der Waals surface area contributed by atoms with Crippen LogP contribution in [0.1, 0.15) is 43.8 Å². The fourth-order valence-corrected chi connectivity index (χ4v) is 2.34. The zero-order valence-electron chi connectivity index (χ0n) is 14.0. The molecule has 23 heavy (non-hydrogen) atoms. The lowest BCUT2D eigenvalue weighted by Crippen LogP contribution is -2.40. The van der Waals surface area contributed by atoms with Gasteiger partial charge in [0.05, 0.1) is 6.54 Å². The number of carbonyl (C=O) groups is 1. The number of rotatable bonds is 5. The molecule has 0 saturated heterocycles. The van der Waals surface area contributed by atoms with Crippen molar-refractivity contribution in [1.29, 1.82) is 0 Å². The highest BCUT2D eigenvalue weighted by molar-refractivity contribution is 5.90. The molecule has 2 amide bonds. The number of nitrogens with one attached hydrogen (secondary N) is 2. The van der Waals surface area contributed by atoms with Crippen LogP contribution >= 0.6 is 0 Å². The molecular weight excluding hydrogens is 292 g/mol. The molecule has 1 aromatic heterocycles. The normalized spacial score (nSPS) is 13.7. The van der Waals surface area contributed by atoms with Crippen molar-refractivity contribution in [2.75, 3.05) is 11.9 Å². The minimum atomic E-state index is -1.26. The Morgan fingerprint density at radius 3 is 2.57 bits per heavy atom. The highest BCUT2D eigenvalue weighted by Gasteiger charge is 2.27. The van der Waals surface area contributed by atoms with Crippen molar-refractivity contribution >= 4 is 11.7 Å². The number of benzene rings is 1. The first kappa shape index (κ1) is 17.1. The van der Waals surface area contributed by atoms with Crippen molar-refractivity contribution < 1.29 is 14.3 Å². The molecule has 2 aromatic rings. The Labute approximate surface area is 136 Å². The van der Waals surface area contributed by atoms with Crippen molar-refractivity contribution in [2.24, 2.45) is 0 Å². The van der Waals surface area contributed by atoms with Crippen LogP contribution in [0.2, 0.25) is 0 Å². The molecule has 0 radical (unpaired) electrons. The number of furan rings is 1. The number of aliphatic hydroxyl groups is 1. The number of carbonyl (C=O) groups excluding carboxylic acids is 1. The Morgan fingerprint density at radius 1 is 1.26 bits per heavy atom. The van der Waals surface area contributed by atoms with Gasteiger partial charge in [-0.3, -0.25) is 0 Å². The van der Waals surface area contributed by atoms with Crippen molar-refractivity contribution in [3.63, 3.8) is 0 Å². The van der Waals surface area contributed by atoms with Crippen LogP contribution in [0.25, 0.3) is 0 Å². The molecule has 3 N–H and O–H groups in total. The van der Waals surface area contributed by atoms with E-state index in [2.05, 4.69) is 24.5 Å². The molecule has 2 rings (SSSR count). The smallest absolute Gasteiger partial charge is 0.319 e. The minimum Gasteiger partial charge on any atom is -0.463 e. The van der Waals surface area contributed by atoms with Crippen LogP contribution in [0.3, 0.4) is 0 Å². The SMILES string of the molecule is Cc1ccc(C(C)(O)CNC(=O)Nc2ccccc2C(C)C)o1. The lowest BCUT2D eigenvalue weighted by atomic mass is 10.0. The summed E-state index contributed by atoms with van der Waals surface area (Å²) in [7, 11) is 0. The fraction of sp³-hybridized carbons (Fsp3) is 0.389. The third-order valence-corrected chi connectivity index (χ3v) is 3.70.